The van der Waals surface area contributed by atoms with Crippen LogP contribution in [0.2, 0.25) is 0 Å². The van der Waals surface area contributed by atoms with E-state index in [0.29, 0.717) is 0 Å². The minimum Gasteiger partial charge on any atom is -0.383 e. The second kappa shape index (κ2) is 7.30. The normalized spacial score (nSPS) is 11.0. The molecule has 0 fully saturated rings. The van der Waals surface area contributed by atoms with Crippen molar-refractivity contribution in [3.05, 3.63) is 35.5 Å². The third kappa shape index (κ3) is 3.87. The number of hydrogen-bond acceptors (Lipinski definition) is 2. The molecular formula is C18H27N3. The van der Waals surface area contributed by atoms with E-state index in [1.165, 1.54) is 43.2 Å². The number of unbranched alkanes of at least 4 members (excludes halogenated alkanes) is 4. The van der Waals surface area contributed by atoms with Crippen LogP contribution in [0.4, 0.5) is 5.82 Å². The number of rotatable bonds is 7. The predicted molar refractivity (Wildman–Crippen MR) is 90.3 cm³/mol. The lowest BCUT2D eigenvalue weighted by Gasteiger charge is -2.05. The fraction of sp³-hybridized carbons (Fsp3) is 0.500. The molecular weight excluding hydrogens is 258 g/mol. The van der Waals surface area contributed by atoms with Gasteiger partial charge in [-0.15, -0.1) is 0 Å². The first-order valence-electron chi connectivity index (χ1n) is 8.02. The number of hydrogen-bond donors (Lipinski definition) is 1. The van der Waals surface area contributed by atoms with E-state index in [0.717, 1.165) is 23.5 Å². The van der Waals surface area contributed by atoms with Gasteiger partial charge in [-0.25, -0.2) is 0 Å². The molecule has 0 spiro atoms. The first kappa shape index (κ1) is 15.6. The SMILES string of the molecule is CCCCCCCc1nn(C)c(N)c1-c1ccc(C)cc1. The largest absolute Gasteiger partial charge is 0.383 e. The second-order valence-electron chi connectivity index (χ2n) is 5.86. The fourth-order valence-electron chi connectivity index (χ4n) is 2.70. The Balaban J connectivity index is 2.14. The van der Waals surface area contributed by atoms with E-state index in [9.17, 15) is 0 Å². The molecule has 0 bridgehead atoms. The number of nitrogens with zero attached hydrogens (tertiary/aromatic N) is 2. The molecule has 0 radical (unpaired) electrons. The molecule has 0 amide bonds. The summed E-state index contributed by atoms with van der Waals surface area (Å²) in [6, 6.07) is 8.55. The molecule has 2 rings (SSSR count). The minimum absolute atomic E-state index is 0.766. The first-order valence-corrected chi connectivity index (χ1v) is 8.02. The smallest absolute Gasteiger partial charge is 0.129 e. The van der Waals surface area contributed by atoms with Crippen molar-refractivity contribution < 1.29 is 0 Å². The summed E-state index contributed by atoms with van der Waals surface area (Å²) < 4.78 is 1.80. The minimum atomic E-state index is 0.766. The van der Waals surface area contributed by atoms with Crippen molar-refractivity contribution in [3.63, 3.8) is 0 Å². The Morgan fingerprint density at radius 2 is 1.71 bits per heavy atom. The lowest BCUT2D eigenvalue weighted by atomic mass is 10.0. The molecule has 114 valence electrons. The molecule has 3 nitrogen and oxygen atoms in total. The van der Waals surface area contributed by atoms with Gasteiger partial charge in [-0.2, -0.15) is 5.10 Å². The molecule has 0 aliphatic heterocycles. The molecule has 0 saturated heterocycles. The van der Waals surface area contributed by atoms with Crippen LogP contribution in [0.1, 0.15) is 50.3 Å². The van der Waals surface area contributed by atoms with Crippen molar-refractivity contribution in [1.82, 2.24) is 9.78 Å². The van der Waals surface area contributed by atoms with E-state index in [2.05, 4.69) is 43.2 Å². The Morgan fingerprint density at radius 3 is 2.38 bits per heavy atom. The van der Waals surface area contributed by atoms with Crippen LogP contribution in [0.25, 0.3) is 11.1 Å². The quantitative estimate of drug-likeness (QED) is 0.762. The zero-order valence-electron chi connectivity index (χ0n) is 13.5. The van der Waals surface area contributed by atoms with Gasteiger partial charge in [0.2, 0.25) is 0 Å². The summed E-state index contributed by atoms with van der Waals surface area (Å²) in [6.07, 6.45) is 7.41. The maximum absolute atomic E-state index is 6.23. The third-order valence-electron chi connectivity index (χ3n) is 4.02. The van der Waals surface area contributed by atoms with Crippen LogP contribution in [0.3, 0.4) is 0 Å². The van der Waals surface area contributed by atoms with Gasteiger partial charge >= 0.3 is 0 Å². The molecule has 0 aliphatic carbocycles. The summed E-state index contributed by atoms with van der Waals surface area (Å²) in [5.41, 5.74) is 10.9. The number of benzene rings is 1. The van der Waals surface area contributed by atoms with Crippen LogP contribution < -0.4 is 5.73 Å². The van der Waals surface area contributed by atoms with Crippen molar-refractivity contribution in [2.75, 3.05) is 5.73 Å². The summed E-state index contributed by atoms with van der Waals surface area (Å²) in [6.45, 7) is 4.35. The molecule has 2 N–H and O–H groups in total. The number of aromatic nitrogens is 2. The van der Waals surface area contributed by atoms with Gasteiger partial charge in [0.15, 0.2) is 0 Å². The van der Waals surface area contributed by atoms with E-state index in [4.69, 9.17) is 5.73 Å². The molecule has 21 heavy (non-hydrogen) atoms. The van der Waals surface area contributed by atoms with Crippen LogP contribution >= 0.6 is 0 Å². The molecule has 0 saturated carbocycles. The summed E-state index contributed by atoms with van der Waals surface area (Å²) in [5.74, 6) is 0.766. The molecule has 1 aromatic heterocycles. The van der Waals surface area contributed by atoms with Crippen molar-refractivity contribution in [3.8, 4) is 11.1 Å². The number of nitrogens with two attached hydrogens (primary N) is 1. The van der Waals surface area contributed by atoms with Gasteiger partial charge in [0, 0.05) is 12.6 Å². The van der Waals surface area contributed by atoms with Gasteiger partial charge in [-0.1, -0.05) is 62.4 Å². The van der Waals surface area contributed by atoms with Gasteiger partial charge in [0.25, 0.3) is 0 Å². The van der Waals surface area contributed by atoms with E-state index in [1.807, 2.05) is 7.05 Å². The van der Waals surface area contributed by atoms with Gasteiger partial charge in [-0.05, 0) is 25.3 Å². The molecule has 0 atom stereocenters. The number of aryl methyl sites for hydroxylation is 3. The van der Waals surface area contributed by atoms with Crippen molar-refractivity contribution in [1.29, 1.82) is 0 Å². The van der Waals surface area contributed by atoms with Crippen LogP contribution in [0.15, 0.2) is 24.3 Å². The lowest BCUT2D eigenvalue weighted by molar-refractivity contribution is 0.623. The fourth-order valence-corrected chi connectivity index (χ4v) is 2.70. The Hall–Kier alpha value is -1.77. The first-order chi connectivity index (χ1) is 10.1. The standard InChI is InChI=1S/C18H27N3/c1-4-5-6-7-8-9-16-17(18(19)21(3)20-16)15-12-10-14(2)11-13-15/h10-13H,4-9,19H2,1-3H3. The van der Waals surface area contributed by atoms with Gasteiger partial charge in [0.1, 0.15) is 5.82 Å². The molecule has 3 heteroatoms. The summed E-state index contributed by atoms with van der Waals surface area (Å²) in [7, 11) is 1.92. The van der Waals surface area contributed by atoms with E-state index in [-0.39, 0.29) is 0 Å². The van der Waals surface area contributed by atoms with E-state index in [1.54, 1.807) is 4.68 Å². The maximum atomic E-state index is 6.23. The highest BCUT2D eigenvalue weighted by molar-refractivity contribution is 5.76. The Bertz CT molecular complexity index is 567. The Morgan fingerprint density at radius 1 is 1.05 bits per heavy atom. The Kier molecular flexibility index (Phi) is 5.43. The van der Waals surface area contributed by atoms with Crippen molar-refractivity contribution in [2.24, 2.45) is 7.05 Å². The predicted octanol–water partition coefficient (Wildman–Crippen LogP) is 4.49. The highest BCUT2D eigenvalue weighted by atomic mass is 15.3. The van der Waals surface area contributed by atoms with Crippen molar-refractivity contribution in [2.45, 2.75) is 52.4 Å². The van der Waals surface area contributed by atoms with Gasteiger partial charge < -0.3 is 5.73 Å². The highest BCUT2D eigenvalue weighted by Gasteiger charge is 2.15. The Labute approximate surface area is 128 Å². The van der Waals surface area contributed by atoms with Gasteiger partial charge in [0.05, 0.1) is 5.69 Å². The highest BCUT2D eigenvalue weighted by Crippen LogP contribution is 2.30. The van der Waals surface area contributed by atoms with Crippen LogP contribution in [0, 0.1) is 6.92 Å². The van der Waals surface area contributed by atoms with E-state index >= 15 is 0 Å². The van der Waals surface area contributed by atoms with Crippen LogP contribution in [-0.4, -0.2) is 9.78 Å². The topological polar surface area (TPSA) is 43.8 Å². The molecule has 0 aliphatic rings. The average Bonchev–Trinajstić information content (AvgIpc) is 2.75. The average molecular weight is 285 g/mol. The summed E-state index contributed by atoms with van der Waals surface area (Å²) >= 11 is 0. The maximum Gasteiger partial charge on any atom is 0.129 e. The van der Waals surface area contributed by atoms with Crippen LogP contribution in [0.5, 0.6) is 0 Å². The molecule has 0 unspecified atom stereocenters. The summed E-state index contributed by atoms with van der Waals surface area (Å²) in [4.78, 5) is 0. The van der Waals surface area contributed by atoms with Crippen molar-refractivity contribution >= 4 is 5.82 Å². The van der Waals surface area contributed by atoms with Crippen LogP contribution in [-0.2, 0) is 13.5 Å². The molecule has 1 heterocycles. The monoisotopic (exact) mass is 285 g/mol. The molecule has 2 aromatic rings. The van der Waals surface area contributed by atoms with E-state index < -0.39 is 0 Å². The molecule has 1 aromatic carbocycles. The lowest BCUT2D eigenvalue weighted by Crippen LogP contribution is -1.98. The van der Waals surface area contributed by atoms with Gasteiger partial charge in [-0.3, -0.25) is 4.68 Å². The number of nitrogen functional groups attached to an aromatic ring is 1. The third-order valence-corrected chi connectivity index (χ3v) is 4.02. The zero-order chi connectivity index (χ0) is 15.2. The summed E-state index contributed by atoms with van der Waals surface area (Å²) in [5, 5.41) is 4.62. The zero-order valence-corrected chi connectivity index (χ0v) is 13.5. The number of anilines is 1. The second-order valence-corrected chi connectivity index (χ2v) is 5.86.